The van der Waals surface area contributed by atoms with E-state index in [0.29, 0.717) is 0 Å². The number of phenolic OH excluding ortho intramolecular Hbond substituents is 1. The highest BCUT2D eigenvalue weighted by Gasteiger charge is 2.20. The molecule has 1 aliphatic heterocycles. The third kappa shape index (κ3) is 2.75. The summed E-state index contributed by atoms with van der Waals surface area (Å²) in [5, 5.41) is 12.3. The molecule has 1 unspecified atom stereocenters. The first-order chi connectivity index (χ1) is 7.75. The second-order valence-corrected chi connectivity index (χ2v) is 4.36. The van der Waals surface area contributed by atoms with Crippen LogP contribution in [0.5, 0.6) is 5.75 Å². The van der Waals surface area contributed by atoms with Crippen molar-refractivity contribution < 1.29 is 9.90 Å². The number of amides is 1. The van der Waals surface area contributed by atoms with Crippen molar-refractivity contribution in [1.82, 2.24) is 5.32 Å². The molecule has 1 heterocycles. The molecular weight excluding hydrogens is 202 g/mol. The third-order valence-corrected chi connectivity index (χ3v) is 3.04. The van der Waals surface area contributed by atoms with Crippen LogP contribution in [0, 0.1) is 5.92 Å². The number of carbonyl (C=O) groups excluding carboxylic acids is 1. The summed E-state index contributed by atoms with van der Waals surface area (Å²) in [6, 6.07) is 7.16. The van der Waals surface area contributed by atoms with Crippen molar-refractivity contribution in [2.24, 2.45) is 5.92 Å². The van der Waals surface area contributed by atoms with Gasteiger partial charge in [0.05, 0.1) is 0 Å². The maximum atomic E-state index is 11.7. The maximum absolute atomic E-state index is 11.7. The fourth-order valence-electron chi connectivity index (χ4n) is 2.17. The Hall–Kier alpha value is -1.51. The summed E-state index contributed by atoms with van der Waals surface area (Å²) in [6.45, 7) is 0.801. The van der Waals surface area contributed by atoms with Gasteiger partial charge in [-0.25, -0.2) is 0 Å². The largest absolute Gasteiger partial charge is 0.508 e. The molecule has 0 bridgehead atoms. The molecule has 16 heavy (non-hydrogen) atoms. The van der Waals surface area contributed by atoms with Gasteiger partial charge in [0.15, 0.2) is 0 Å². The van der Waals surface area contributed by atoms with Crippen LogP contribution >= 0.6 is 0 Å². The lowest BCUT2D eigenvalue weighted by molar-refractivity contribution is -0.124. The van der Waals surface area contributed by atoms with E-state index in [1.807, 2.05) is 12.1 Å². The average Bonchev–Trinajstić information content (AvgIpc) is 2.45. The van der Waals surface area contributed by atoms with E-state index in [1.165, 1.54) is 0 Å². The summed E-state index contributed by atoms with van der Waals surface area (Å²) in [6.07, 6.45) is 3.84. The van der Waals surface area contributed by atoms with Gasteiger partial charge in [0.2, 0.25) is 5.91 Å². The Morgan fingerprint density at radius 2 is 2.25 bits per heavy atom. The Kier molecular flexibility index (Phi) is 3.44. The van der Waals surface area contributed by atoms with E-state index in [9.17, 15) is 9.90 Å². The van der Waals surface area contributed by atoms with Gasteiger partial charge in [-0.3, -0.25) is 4.79 Å². The van der Waals surface area contributed by atoms with Gasteiger partial charge in [-0.1, -0.05) is 18.6 Å². The first-order valence-electron chi connectivity index (χ1n) is 5.81. The van der Waals surface area contributed by atoms with Gasteiger partial charge < -0.3 is 10.4 Å². The molecule has 86 valence electrons. The Labute approximate surface area is 95.5 Å². The number of phenols is 1. The van der Waals surface area contributed by atoms with Crippen molar-refractivity contribution in [3.05, 3.63) is 29.8 Å². The molecule has 0 spiro atoms. The minimum Gasteiger partial charge on any atom is -0.508 e. The van der Waals surface area contributed by atoms with Crippen LogP contribution in [-0.2, 0) is 11.2 Å². The smallest absolute Gasteiger partial charge is 0.223 e. The quantitative estimate of drug-likeness (QED) is 0.797. The van der Waals surface area contributed by atoms with Crippen LogP contribution in [0.4, 0.5) is 0 Å². The third-order valence-electron chi connectivity index (χ3n) is 3.04. The molecule has 0 saturated carbocycles. The lowest BCUT2D eigenvalue weighted by Crippen LogP contribution is -2.30. The van der Waals surface area contributed by atoms with Crippen LogP contribution in [0.2, 0.25) is 0 Å². The predicted octanol–water partition coefficient (Wildman–Crippen LogP) is 1.85. The Balaban J connectivity index is 2.05. The van der Waals surface area contributed by atoms with Crippen molar-refractivity contribution in [2.45, 2.75) is 25.7 Å². The standard InChI is InChI=1S/C13H17NO2/c15-12-6-3-4-10(9-12)8-11-5-1-2-7-14-13(11)16/h3-4,6,9,11,15H,1-2,5,7-8H2,(H,14,16). The number of carbonyl (C=O) groups is 1. The fourth-order valence-corrected chi connectivity index (χ4v) is 2.17. The lowest BCUT2D eigenvalue weighted by atomic mass is 9.94. The average molecular weight is 219 g/mol. The summed E-state index contributed by atoms with van der Waals surface area (Å²) < 4.78 is 0. The van der Waals surface area contributed by atoms with Gasteiger partial charge in [-0.2, -0.15) is 0 Å². The van der Waals surface area contributed by atoms with Gasteiger partial charge in [-0.15, -0.1) is 0 Å². The van der Waals surface area contributed by atoms with Crippen molar-refractivity contribution in [3.8, 4) is 5.75 Å². The second kappa shape index (κ2) is 5.01. The van der Waals surface area contributed by atoms with Crippen molar-refractivity contribution in [3.63, 3.8) is 0 Å². The Morgan fingerprint density at radius 3 is 3.06 bits per heavy atom. The highest BCUT2D eigenvalue weighted by atomic mass is 16.3. The highest BCUT2D eigenvalue weighted by molar-refractivity contribution is 5.79. The number of benzene rings is 1. The maximum Gasteiger partial charge on any atom is 0.223 e. The van der Waals surface area contributed by atoms with Crippen molar-refractivity contribution in [2.75, 3.05) is 6.54 Å². The molecule has 0 radical (unpaired) electrons. The Bertz CT molecular complexity index is 376. The molecular formula is C13H17NO2. The highest BCUT2D eigenvalue weighted by Crippen LogP contribution is 2.20. The van der Waals surface area contributed by atoms with Gasteiger partial charge in [0.1, 0.15) is 5.75 Å². The van der Waals surface area contributed by atoms with Crippen LogP contribution in [0.25, 0.3) is 0 Å². The molecule has 1 atom stereocenters. The molecule has 1 aromatic carbocycles. The Morgan fingerprint density at radius 1 is 1.38 bits per heavy atom. The molecule has 0 aliphatic carbocycles. The van der Waals surface area contributed by atoms with E-state index in [-0.39, 0.29) is 17.6 Å². The van der Waals surface area contributed by atoms with E-state index in [0.717, 1.165) is 37.8 Å². The molecule has 2 rings (SSSR count). The summed E-state index contributed by atoms with van der Waals surface area (Å²) in [5.41, 5.74) is 1.03. The zero-order chi connectivity index (χ0) is 11.4. The van der Waals surface area contributed by atoms with Crippen molar-refractivity contribution in [1.29, 1.82) is 0 Å². The van der Waals surface area contributed by atoms with E-state index < -0.39 is 0 Å². The number of aromatic hydroxyl groups is 1. The summed E-state index contributed by atoms with van der Waals surface area (Å²) in [4.78, 5) is 11.7. The second-order valence-electron chi connectivity index (χ2n) is 4.36. The van der Waals surface area contributed by atoms with Gasteiger partial charge in [0.25, 0.3) is 0 Å². The first-order valence-corrected chi connectivity index (χ1v) is 5.81. The molecule has 3 heteroatoms. The lowest BCUT2D eigenvalue weighted by Gasteiger charge is -2.12. The molecule has 1 saturated heterocycles. The number of hydrogen-bond acceptors (Lipinski definition) is 2. The van der Waals surface area contributed by atoms with Crippen LogP contribution in [0.1, 0.15) is 24.8 Å². The SMILES string of the molecule is O=C1NCCCCC1Cc1cccc(O)c1. The molecule has 0 aromatic heterocycles. The minimum absolute atomic E-state index is 0.0595. The fraction of sp³-hybridized carbons (Fsp3) is 0.462. The topological polar surface area (TPSA) is 49.3 Å². The van der Waals surface area contributed by atoms with E-state index in [2.05, 4.69) is 5.32 Å². The molecule has 1 amide bonds. The molecule has 1 aromatic rings. The number of rotatable bonds is 2. The molecule has 1 fully saturated rings. The zero-order valence-electron chi connectivity index (χ0n) is 9.28. The molecule has 3 nitrogen and oxygen atoms in total. The van der Waals surface area contributed by atoms with E-state index in [4.69, 9.17) is 0 Å². The summed E-state index contributed by atoms with van der Waals surface area (Å²) >= 11 is 0. The van der Waals surface area contributed by atoms with E-state index in [1.54, 1.807) is 12.1 Å². The minimum atomic E-state index is 0.0595. The molecule has 2 N–H and O–H groups in total. The zero-order valence-corrected chi connectivity index (χ0v) is 9.28. The van der Waals surface area contributed by atoms with Gasteiger partial charge >= 0.3 is 0 Å². The van der Waals surface area contributed by atoms with Crippen molar-refractivity contribution >= 4 is 5.91 Å². The number of nitrogens with one attached hydrogen (secondary N) is 1. The van der Waals surface area contributed by atoms with Crippen LogP contribution in [0.15, 0.2) is 24.3 Å². The monoisotopic (exact) mass is 219 g/mol. The summed E-state index contributed by atoms with van der Waals surface area (Å²) in [5.74, 6) is 0.483. The normalized spacial score (nSPS) is 21.2. The first kappa shape index (κ1) is 11.0. The van der Waals surface area contributed by atoms with Crippen LogP contribution in [0.3, 0.4) is 0 Å². The number of hydrogen-bond donors (Lipinski definition) is 2. The van der Waals surface area contributed by atoms with Gasteiger partial charge in [-0.05, 0) is 37.0 Å². The van der Waals surface area contributed by atoms with E-state index >= 15 is 0 Å². The predicted molar refractivity (Wildman–Crippen MR) is 62.2 cm³/mol. The van der Waals surface area contributed by atoms with Gasteiger partial charge in [0, 0.05) is 12.5 Å². The summed E-state index contributed by atoms with van der Waals surface area (Å²) in [7, 11) is 0. The van der Waals surface area contributed by atoms with Crippen LogP contribution in [-0.4, -0.2) is 17.6 Å². The molecule has 1 aliphatic rings. The van der Waals surface area contributed by atoms with Crippen LogP contribution < -0.4 is 5.32 Å².